The fourth-order valence-corrected chi connectivity index (χ4v) is 4.44. The van der Waals surface area contributed by atoms with Crippen molar-refractivity contribution >= 4 is 0 Å². The molecule has 3 aliphatic rings. The Kier molecular flexibility index (Phi) is 4.13. The summed E-state index contributed by atoms with van der Waals surface area (Å²) in [6.45, 7) is 8.16. The molecule has 19 heavy (non-hydrogen) atoms. The van der Waals surface area contributed by atoms with E-state index in [4.69, 9.17) is 5.73 Å². The van der Waals surface area contributed by atoms with Gasteiger partial charge in [0.1, 0.15) is 0 Å². The minimum Gasteiger partial charge on any atom is -0.329 e. The molecule has 3 rings (SSSR count). The lowest BCUT2D eigenvalue weighted by molar-refractivity contribution is 0.0268. The van der Waals surface area contributed by atoms with E-state index in [1.54, 1.807) is 0 Å². The molecule has 1 aliphatic carbocycles. The Labute approximate surface area is 117 Å². The number of hydrogen-bond donors (Lipinski definition) is 1. The van der Waals surface area contributed by atoms with Crippen molar-refractivity contribution in [3.8, 4) is 0 Å². The van der Waals surface area contributed by atoms with E-state index < -0.39 is 0 Å². The highest BCUT2D eigenvalue weighted by Crippen LogP contribution is 2.29. The molecule has 1 saturated carbocycles. The molecule has 0 bridgehead atoms. The summed E-state index contributed by atoms with van der Waals surface area (Å²) in [5.74, 6) is 0. The molecule has 1 unspecified atom stereocenters. The maximum atomic E-state index is 6.14. The number of nitrogens with zero attached hydrogens (tertiary/aromatic N) is 3. The fraction of sp³-hybridized carbons (Fsp3) is 1.00. The van der Waals surface area contributed by atoms with Crippen LogP contribution >= 0.6 is 0 Å². The van der Waals surface area contributed by atoms with Crippen LogP contribution in [0.15, 0.2) is 0 Å². The normalized spacial score (nSPS) is 36.3. The van der Waals surface area contributed by atoms with Gasteiger partial charge < -0.3 is 10.6 Å². The van der Waals surface area contributed by atoms with Gasteiger partial charge in [-0.15, -0.1) is 0 Å². The predicted octanol–water partition coefficient (Wildman–Crippen LogP) is 0.580. The highest BCUT2D eigenvalue weighted by atomic mass is 15.3. The topological polar surface area (TPSA) is 35.7 Å². The van der Waals surface area contributed by atoms with Crippen LogP contribution in [-0.2, 0) is 0 Å². The zero-order valence-corrected chi connectivity index (χ0v) is 12.5. The number of hydrogen-bond acceptors (Lipinski definition) is 4. The van der Waals surface area contributed by atoms with Gasteiger partial charge in [-0.1, -0.05) is 12.8 Å². The molecular weight excluding hydrogens is 236 g/mol. The van der Waals surface area contributed by atoms with Gasteiger partial charge in [0.25, 0.3) is 0 Å². The van der Waals surface area contributed by atoms with Crippen LogP contribution in [0.1, 0.15) is 32.1 Å². The molecule has 3 fully saturated rings. The third kappa shape index (κ3) is 2.68. The molecule has 0 aromatic heterocycles. The van der Waals surface area contributed by atoms with E-state index >= 15 is 0 Å². The predicted molar refractivity (Wildman–Crippen MR) is 79.3 cm³/mol. The van der Waals surface area contributed by atoms with Crippen molar-refractivity contribution in [1.82, 2.24) is 14.7 Å². The van der Waals surface area contributed by atoms with Crippen molar-refractivity contribution in [2.24, 2.45) is 5.73 Å². The number of likely N-dealkylation sites (tertiary alicyclic amines) is 1. The summed E-state index contributed by atoms with van der Waals surface area (Å²) in [4.78, 5) is 7.88. The van der Waals surface area contributed by atoms with E-state index in [0.717, 1.165) is 19.1 Å². The molecule has 0 amide bonds. The summed E-state index contributed by atoms with van der Waals surface area (Å²) in [7, 11) is 2.23. The van der Waals surface area contributed by atoms with Crippen molar-refractivity contribution in [2.45, 2.75) is 43.7 Å². The second-order valence-corrected chi connectivity index (χ2v) is 6.88. The van der Waals surface area contributed by atoms with E-state index in [0.29, 0.717) is 0 Å². The lowest BCUT2D eigenvalue weighted by Crippen LogP contribution is -2.62. The van der Waals surface area contributed by atoms with E-state index in [2.05, 4.69) is 21.7 Å². The lowest BCUT2D eigenvalue weighted by Gasteiger charge is -2.46. The Balaban J connectivity index is 1.57. The molecule has 2 N–H and O–H groups in total. The minimum atomic E-state index is 0.274. The molecule has 1 atom stereocenters. The summed E-state index contributed by atoms with van der Waals surface area (Å²) in [5.41, 5.74) is 6.41. The third-order valence-electron chi connectivity index (χ3n) is 5.73. The Hall–Kier alpha value is -0.160. The van der Waals surface area contributed by atoms with Gasteiger partial charge in [-0.25, -0.2) is 0 Å². The van der Waals surface area contributed by atoms with Crippen LogP contribution in [0, 0.1) is 0 Å². The average Bonchev–Trinajstić information content (AvgIpc) is 3.09. The zero-order valence-electron chi connectivity index (χ0n) is 12.5. The molecule has 4 heteroatoms. The van der Waals surface area contributed by atoms with Crippen molar-refractivity contribution in [3.05, 3.63) is 0 Å². The maximum Gasteiger partial charge on any atom is 0.0471 e. The van der Waals surface area contributed by atoms with Gasteiger partial charge >= 0.3 is 0 Å². The van der Waals surface area contributed by atoms with Gasteiger partial charge in [0.05, 0.1) is 0 Å². The second kappa shape index (κ2) is 5.68. The van der Waals surface area contributed by atoms with E-state index in [1.807, 2.05) is 0 Å². The summed E-state index contributed by atoms with van der Waals surface area (Å²) >= 11 is 0. The second-order valence-electron chi connectivity index (χ2n) is 6.88. The maximum absolute atomic E-state index is 6.14. The standard InChI is InChI=1S/C15H30N4/c1-17-7-6-15(12-16,13-17)19-10-8-18(9-11-19)14-4-2-3-5-14/h14H,2-13,16H2,1H3. The first-order valence-electron chi connectivity index (χ1n) is 8.11. The molecule has 110 valence electrons. The quantitative estimate of drug-likeness (QED) is 0.810. The lowest BCUT2D eigenvalue weighted by atomic mass is 9.95. The van der Waals surface area contributed by atoms with Gasteiger partial charge in [0.2, 0.25) is 0 Å². The van der Waals surface area contributed by atoms with Crippen LogP contribution in [0.25, 0.3) is 0 Å². The monoisotopic (exact) mass is 266 g/mol. The van der Waals surface area contributed by atoms with E-state index in [9.17, 15) is 0 Å². The molecule has 0 spiro atoms. The Morgan fingerprint density at radius 3 is 2.26 bits per heavy atom. The Bertz CT molecular complexity index is 295. The van der Waals surface area contributed by atoms with Crippen LogP contribution in [0.2, 0.25) is 0 Å². The van der Waals surface area contributed by atoms with Gasteiger partial charge in [0.15, 0.2) is 0 Å². The molecule has 0 aromatic rings. The first-order valence-corrected chi connectivity index (χ1v) is 8.11. The Morgan fingerprint density at radius 2 is 1.74 bits per heavy atom. The molecule has 0 aromatic carbocycles. The molecule has 2 saturated heterocycles. The van der Waals surface area contributed by atoms with Crippen molar-refractivity contribution in [1.29, 1.82) is 0 Å². The van der Waals surface area contributed by atoms with E-state index in [-0.39, 0.29) is 5.54 Å². The number of likely N-dealkylation sites (N-methyl/N-ethyl adjacent to an activating group) is 1. The molecule has 2 aliphatic heterocycles. The summed E-state index contributed by atoms with van der Waals surface area (Å²) < 4.78 is 0. The van der Waals surface area contributed by atoms with E-state index in [1.165, 1.54) is 64.8 Å². The summed E-state index contributed by atoms with van der Waals surface area (Å²) in [6, 6.07) is 0.891. The van der Waals surface area contributed by atoms with Crippen LogP contribution in [0.5, 0.6) is 0 Å². The fourth-order valence-electron chi connectivity index (χ4n) is 4.44. The SMILES string of the molecule is CN1CCC(CN)(N2CCN(C3CCCC3)CC2)C1. The van der Waals surface area contributed by atoms with Crippen LogP contribution in [-0.4, -0.2) is 79.1 Å². The average molecular weight is 266 g/mol. The smallest absolute Gasteiger partial charge is 0.0471 e. The van der Waals surface area contributed by atoms with Gasteiger partial charge in [-0.2, -0.15) is 0 Å². The molecular formula is C15H30N4. The Morgan fingerprint density at radius 1 is 1.05 bits per heavy atom. The number of rotatable bonds is 3. The van der Waals surface area contributed by atoms with Crippen LogP contribution in [0.4, 0.5) is 0 Å². The molecule has 4 nitrogen and oxygen atoms in total. The van der Waals surface area contributed by atoms with Gasteiger partial charge in [-0.05, 0) is 32.9 Å². The van der Waals surface area contributed by atoms with Crippen molar-refractivity contribution in [2.75, 3.05) is 52.9 Å². The highest BCUT2D eigenvalue weighted by molar-refractivity contribution is 5.01. The molecule has 0 radical (unpaired) electrons. The summed E-state index contributed by atoms with van der Waals surface area (Å²) in [5, 5.41) is 0. The number of nitrogens with two attached hydrogens (primary N) is 1. The van der Waals surface area contributed by atoms with Crippen molar-refractivity contribution in [3.63, 3.8) is 0 Å². The number of piperazine rings is 1. The van der Waals surface area contributed by atoms with Gasteiger partial charge in [-0.3, -0.25) is 9.80 Å². The minimum absolute atomic E-state index is 0.274. The van der Waals surface area contributed by atoms with Crippen molar-refractivity contribution < 1.29 is 0 Å². The molecule has 2 heterocycles. The largest absolute Gasteiger partial charge is 0.329 e. The highest BCUT2D eigenvalue weighted by Gasteiger charge is 2.42. The summed E-state index contributed by atoms with van der Waals surface area (Å²) in [6.07, 6.45) is 7.02. The van der Waals surface area contributed by atoms with Gasteiger partial charge in [0, 0.05) is 50.8 Å². The van der Waals surface area contributed by atoms with Crippen LogP contribution in [0.3, 0.4) is 0 Å². The zero-order chi connectivity index (χ0) is 13.3. The third-order valence-corrected chi connectivity index (χ3v) is 5.73. The van der Waals surface area contributed by atoms with Crippen LogP contribution < -0.4 is 5.73 Å². The first kappa shape index (κ1) is 13.8. The first-order chi connectivity index (χ1) is 9.23.